The van der Waals surface area contributed by atoms with E-state index in [1.165, 1.54) is 41.6 Å². The van der Waals surface area contributed by atoms with Crippen LogP contribution in [0.5, 0.6) is 0 Å². The highest BCUT2D eigenvalue weighted by molar-refractivity contribution is 6.57. The fraction of sp³-hybridized carbons (Fsp3) is 0. The molecule has 0 aromatic carbocycles. The molecular formula is H16N2OSi6. The van der Waals surface area contributed by atoms with Gasteiger partial charge in [0, 0.05) is 0 Å². The highest BCUT2D eigenvalue weighted by Gasteiger charge is 1.91. The van der Waals surface area contributed by atoms with Crippen molar-refractivity contribution in [2.24, 2.45) is 0 Å². The maximum absolute atomic E-state index is 5.62. The average molecular weight is 229 g/mol. The van der Waals surface area contributed by atoms with Gasteiger partial charge in [0.15, 0.2) is 0 Å². The minimum absolute atomic E-state index is 0.175. The van der Waals surface area contributed by atoms with Crippen molar-refractivity contribution in [1.82, 2.24) is 7.79 Å². The molecule has 0 aliphatic heterocycles. The van der Waals surface area contributed by atoms with E-state index >= 15 is 0 Å². The van der Waals surface area contributed by atoms with Gasteiger partial charge in [-0.25, -0.2) is 0 Å². The fourth-order valence-corrected chi connectivity index (χ4v) is 10.2. The van der Waals surface area contributed by atoms with E-state index in [9.17, 15) is 0 Å². The summed E-state index contributed by atoms with van der Waals surface area (Å²) in [4.78, 5) is 0. The second kappa shape index (κ2) is 5.93. The summed E-state index contributed by atoms with van der Waals surface area (Å²) in [6.07, 6.45) is 0. The Morgan fingerprint density at radius 2 is 1.22 bits per heavy atom. The third-order valence-corrected chi connectivity index (χ3v) is 6.29. The van der Waals surface area contributed by atoms with E-state index in [4.69, 9.17) is 4.12 Å². The van der Waals surface area contributed by atoms with Crippen LogP contribution in [0.1, 0.15) is 0 Å². The molecule has 0 rings (SSSR count). The summed E-state index contributed by atoms with van der Waals surface area (Å²) in [7, 11) is 4.60. The van der Waals surface area contributed by atoms with Crippen LogP contribution in [0.25, 0.3) is 0 Å². The summed E-state index contributed by atoms with van der Waals surface area (Å²) >= 11 is 0. The van der Waals surface area contributed by atoms with Crippen molar-refractivity contribution in [2.45, 2.75) is 0 Å². The number of hydrogen-bond donors (Lipinski definition) is 0. The van der Waals surface area contributed by atoms with Gasteiger partial charge in [0.1, 0.15) is 0 Å². The highest BCUT2D eigenvalue weighted by Crippen LogP contribution is 1.70. The number of nitrogens with zero attached hydrogens (tertiary/aromatic N) is 2. The Labute approximate surface area is 73.6 Å². The molecule has 0 aromatic heterocycles. The van der Waals surface area contributed by atoms with Gasteiger partial charge >= 0.3 is 0 Å². The third kappa shape index (κ3) is 9.18. The molecule has 0 N–H and O–H groups in total. The van der Waals surface area contributed by atoms with E-state index in [0.717, 1.165) is 0 Å². The molecule has 0 radical (unpaired) electrons. The predicted molar refractivity (Wildman–Crippen MR) is 61.6 cm³/mol. The lowest BCUT2D eigenvalue weighted by Gasteiger charge is -2.13. The van der Waals surface area contributed by atoms with Crippen molar-refractivity contribution < 1.29 is 4.12 Å². The Kier molecular flexibility index (Phi) is 6.71. The lowest BCUT2D eigenvalue weighted by atomic mass is 13.8. The minimum Gasteiger partial charge on any atom is -0.443 e. The van der Waals surface area contributed by atoms with Gasteiger partial charge in [-0.3, -0.25) is 0 Å². The van der Waals surface area contributed by atoms with Gasteiger partial charge in [0.25, 0.3) is 0 Å². The van der Waals surface area contributed by atoms with Gasteiger partial charge in [0.05, 0.1) is 41.6 Å². The van der Waals surface area contributed by atoms with Crippen molar-refractivity contribution in [3.8, 4) is 0 Å². The van der Waals surface area contributed by atoms with Crippen molar-refractivity contribution in [3.63, 3.8) is 0 Å². The van der Waals surface area contributed by atoms with E-state index in [0.29, 0.717) is 0 Å². The zero-order valence-electron chi connectivity index (χ0n) is 6.72. The number of hydrogen-bond acceptors (Lipinski definition) is 3. The SMILES string of the molecule is [SiH3]N([SiH3])[SiH2]O[SiH2]N([SiH3])[SiH3]. The second-order valence-corrected chi connectivity index (χ2v) is 22.0. The van der Waals surface area contributed by atoms with Gasteiger partial charge in [-0.2, -0.15) is 0 Å². The molecule has 0 aliphatic rings. The molecule has 3 nitrogen and oxygen atoms in total. The first kappa shape index (κ1) is 10.2. The maximum Gasteiger partial charge on any atom is 0.213 e. The first-order chi connectivity index (χ1) is 4.13. The third-order valence-electron chi connectivity index (χ3n) is 0.699. The normalized spacial score (nSPS) is 15.3. The Bertz CT molecular complexity index is 56.1. The predicted octanol–water partition coefficient (Wildman–Crippen LogP) is -7.27. The van der Waals surface area contributed by atoms with Gasteiger partial charge in [-0.05, 0) is 0 Å². The van der Waals surface area contributed by atoms with Crippen LogP contribution in [0.4, 0.5) is 0 Å². The van der Waals surface area contributed by atoms with E-state index in [1.54, 1.807) is 0 Å². The zero-order valence-corrected chi connectivity index (χ0v) is 17.5. The Morgan fingerprint density at radius 3 is 1.44 bits per heavy atom. The quantitative estimate of drug-likeness (QED) is 0.445. The lowest BCUT2D eigenvalue weighted by molar-refractivity contribution is 0.587. The summed E-state index contributed by atoms with van der Waals surface area (Å²) in [5.74, 6) is 0. The van der Waals surface area contributed by atoms with Crippen molar-refractivity contribution in [3.05, 3.63) is 0 Å². The molecule has 0 atom stereocenters. The van der Waals surface area contributed by atoms with Crippen LogP contribution >= 0.6 is 0 Å². The molecule has 0 aromatic rings. The molecule has 0 fully saturated rings. The van der Waals surface area contributed by atoms with Crippen molar-refractivity contribution in [2.75, 3.05) is 0 Å². The van der Waals surface area contributed by atoms with Crippen LogP contribution in [0.2, 0.25) is 0 Å². The molecule has 0 aliphatic carbocycles. The molecule has 0 spiro atoms. The molecule has 0 bridgehead atoms. The first-order valence-electron chi connectivity index (χ1n) is 3.00. The summed E-state index contributed by atoms with van der Waals surface area (Å²) in [5.41, 5.74) is 0. The molecule has 0 unspecified atom stereocenters. The van der Waals surface area contributed by atoms with Crippen LogP contribution < -0.4 is 0 Å². The topological polar surface area (TPSA) is 15.7 Å². The van der Waals surface area contributed by atoms with Gasteiger partial charge in [0.2, 0.25) is 19.8 Å². The molecule has 0 saturated carbocycles. The molecule has 9 heteroatoms. The van der Waals surface area contributed by atoms with Crippen LogP contribution in [0.15, 0.2) is 0 Å². The van der Waals surface area contributed by atoms with E-state index in [2.05, 4.69) is 7.79 Å². The van der Waals surface area contributed by atoms with Crippen molar-refractivity contribution in [1.29, 1.82) is 0 Å². The van der Waals surface area contributed by atoms with Crippen LogP contribution in [0.3, 0.4) is 0 Å². The fourth-order valence-electron chi connectivity index (χ4n) is 0.406. The van der Waals surface area contributed by atoms with E-state index < -0.39 is 0 Å². The van der Waals surface area contributed by atoms with Gasteiger partial charge in [-0.15, -0.1) is 0 Å². The van der Waals surface area contributed by atoms with Gasteiger partial charge < -0.3 is 11.9 Å². The lowest BCUT2D eigenvalue weighted by Crippen LogP contribution is -2.31. The smallest absolute Gasteiger partial charge is 0.213 e. The Hall–Kier alpha value is 1.18. The largest absolute Gasteiger partial charge is 0.443 e. The second-order valence-electron chi connectivity index (χ2n) is 2.62. The summed E-state index contributed by atoms with van der Waals surface area (Å²) in [5, 5.41) is 0. The molecule has 0 amide bonds. The molecule has 56 valence electrons. The zero-order chi connectivity index (χ0) is 7.28. The molecule has 0 heterocycles. The Morgan fingerprint density at radius 1 is 0.889 bits per heavy atom. The summed E-state index contributed by atoms with van der Waals surface area (Å²) in [6, 6.07) is 0. The molecule has 0 saturated heterocycles. The Balaban J connectivity index is 2.91. The summed E-state index contributed by atoms with van der Waals surface area (Å²) in [6.45, 7) is 0. The maximum atomic E-state index is 5.62. The minimum atomic E-state index is -0.175. The summed E-state index contributed by atoms with van der Waals surface area (Å²) < 4.78 is 10.6. The molecular weight excluding hydrogens is 213 g/mol. The average Bonchev–Trinajstić information content (AvgIpc) is 1.63. The van der Waals surface area contributed by atoms with Crippen LogP contribution in [-0.2, 0) is 4.12 Å². The molecule has 9 heavy (non-hydrogen) atoms. The highest BCUT2D eigenvalue weighted by atomic mass is 28.4. The monoisotopic (exact) mass is 228 g/mol. The van der Waals surface area contributed by atoms with Crippen LogP contribution in [0, 0.1) is 0 Å². The first-order valence-corrected chi connectivity index (χ1v) is 9.00. The standard InChI is InChI=1S/H16N2OSi6/c4-1(5)8-3-9-2(6)7/h8-9H2,4-7H3. The van der Waals surface area contributed by atoms with Crippen LogP contribution in [-0.4, -0.2) is 69.3 Å². The van der Waals surface area contributed by atoms with Crippen molar-refractivity contribution >= 4 is 61.5 Å². The van der Waals surface area contributed by atoms with E-state index in [-0.39, 0.29) is 19.8 Å². The van der Waals surface area contributed by atoms with E-state index in [1.807, 2.05) is 0 Å². The van der Waals surface area contributed by atoms with Gasteiger partial charge in [-0.1, -0.05) is 0 Å². The number of rotatable bonds is 4.